The summed E-state index contributed by atoms with van der Waals surface area (Å²) in [7, 11) is 0. The number of rotatable bonds is 2. The van der Waals surface area contributed by atoms with Crippen molar-refractivity contribution in [3.63, 3.8) is 0 Å². The van der Waals surface area contributed by atoms with Crippen molar-refractivity contribution in [1.82, 2.24) is 9.88 Å². The van der Waals surface area contributed by atoms with E-state index in [2.05, 4.69) is 34.3 Å². The molecule has 2 aromatic rings. The lowest BCUT2D eigenvalue weighted by atomic mass is 9.90. The van der Waals surface area contributed by atoms with Gasteiger partial charge in [0.1, 0.15) is 5.78 Å². The Hall–Kier alpha value is -1.61. The van der Waals surface area contributed by atoms with Gasteiger partial charge < -0.3 is 9.88 Å². The summed E-state index contributed by atoms with van der Waals surface area (Å²) in [5.41, 5.74) is 4.23. The van der Waals surface area contributed by atoms with E-state index in [1.807, 2.05) is 0 Å². The van der Waals surface area contributed by atoms with Gasteiger partial charge in [-0.05, 0) is 30.4 Å². The number of para-hydroxylation sites is 1. The van der Waals surface area contributed by atoms with Gasteiger partial charge in [-0.2, -0.15) is 0 Å². The molecule has 2 aliphatic heterocycles. The second-order valence-corrected chi connectivity index (χ2v) is 6.09. The van der Waals surface area contributed by atoms with Gasteiger partial charge in [0.15, 0.2) is 0 Å². The van der Waals surface area contributed by atoms with Crippen molar-refractivity contribution in [2.75, 3.05) is 13.1 Å². The lowest BCUT2D eigenvalue weighted by Crippen LogP contribution is -2.37. The molecule has 3 heterocycles. The third-order valence-electron chi connectivity index (χ3n) is 4.77. The van der Waals surface area contributed by atoms with Crippen LogP contribution in [0.4, 0.5) is 0 Å². The number of carbonyl (C=O) groups is 1. The maximum Gasteiger partial charge on any atom is 0.138 e. The van der Waals surface area contributed by atoms with E-state index in [1.165, 1.54) is 34.9 Å². The lowest BCUT2D eigenvalue weighted by molar-refractivity contribution is -0.123. The first kappa shape index (κ1) is 12.2. The monoisotopic (exact) mass is 268 g/mol. The van der Waals surface area contributed by atoms with Crippen LogP contribution in [0.1, 0.15) is 24.0 Å². The molecule has 1 saturated heterocycles. The molecule has 0 bridgehead atoms. The highest BCUT2D eigenvalue weighted by Crippen LogP contribution is 2.31. The van der Waals surface area contributed by atoms with Crippen LogP contribution in [-0.4, -0.2) is 23.4 Å². The van der Waals surface area contributed by atoms with E-state index >= 15 is 0 Å². The van der Waals surface area contributed by atoms with Crippen molar-refractivity contribution in [1.29, 1.82) is 0 Å². The molecule has 0 amide bonds. The van der Waals surface area contributed by atoms with Crippen LogP contribution in [0.2, 0.25) is 0 Å². The van der Waals surface area contributed by atoms with Gasteiger partial charge in [0.25, 0.3) is 0 Å². The van der Waals surface area contributed by atoms with Gasteiger partial charge in [-0.3, -0.25) is 4.79 Å². The molecular formula is C17H20N2O. The van der Waals surface area contributed by atoms with Crippen molar-refractivity contribution in [3.05, 3.63) is 35.5 Å². The van der Waals surface area contributed by atoms with Crippen molar-refractivity contribution >= 4 is 16.7 Å². The van der Waals surface area contributed by atoms with Crippen LogP contribution in [0.5, 0.6) is 0 Å². The second kappa shape index (κ2) is 4.74. The number of aryl methyl sites for hydroxylation is 2. The minimum absolute atomic E-state index is 0.159. The van der Waals surface area contributed by atoms with Gasteiger partial charge in [0.2, 0.25) is 0 Å². The topological polar surface area (TPSA) is 34.0 Å². The van der Waals surface area contributed by atoms with E-state index in [-0.39, 0.29) is 5.92 Å². The SMILES string of the molecule is O=C1CCNCC1Cc1cn2c3c(cccc13)CCC2. The standard InChI is InChI=1S/C17H20N2O/c20-16-6-7-18-10-13(16)9-14-11-19-8-2-4-12-3-1-5-15(14)17(12)19/h1,3,5,11,13,18H,2,4,6-10H2. The van der Waals surface area contributed by atoms with Crippen molar-refractivity contribution in [2.24, 2.45) is 5.92 Å². The predicted molar refractivity (Wildman–Crippen MR) is 79.9 cm³/mol. The highest BCUT2D eigenvalue weighted by Gasteiger charge is 2.24. The number of Topliss-reactive ketones (excluding diaryl/α,β-unsaturated/α-hetero) is 1. The summed E-state index contributed by atoms with van der Waals surface area (Å²) in [6.45, 7) is 2.80. The molecule has 1 unspecified atom stereocenters. The first-order valence-electron chi connectivity index (χ1n) is 7.66. The zero-order valence-electron chi connectivity index (χ0n) is 11.7. The smallest absolute Gasteiger partial charge is 0.138 e. The van der Waals surface area contributed by atoms with Crippen LogP contribution < -0.4 is 5.32 Å². The summed E-state index contributed by atoms with van der Waals surface area (Å²) in [5.74, 6) is 0.586. The Labute approximate surface area is 119 Å². The number of benzene rings is 1. The normalized spacial score (nSPS) is 22.4. The fraction of sp³-hybridized carbons (Fsp3) is 0.471. The maximum absolute atomic E-state index is 12.0. The Morgan fingerprint density at radius 1 is 1.30 bits per heavy atom. The lowest BCUT2D eigenvalue weighted by Gasteiger charge is -2.21. The molecule has 3 nitrogen and oxygen atoms in total. The Morgan fingerprint density at radius 3 is 3.15 bits per heavy atom. The van der Waals surface area contributed by atoms with Gasteiger partial charge >= 0.3 is 0 Å². The predicted octanol–water partition coefficient (Wildman–Crippen LogP) is 2.31. The first-order chi connectivity index (χ1) is 9.83. The Morgan fingerprint density at radius 2 is 2.25 bits per heavy atom. The van der Waals surface area contributed by atoms with Gasteiger partial charge in [-0.1, -0.05) is 18.2 Å². The maximum atomic E-state index is 12.0. The van der Waals surface area contributed by atoms with Gasteiger partial charge in [-0.25, -0.2) is 0 Å². The first-order valence-corrected chi connectivity index (χ1v) is 7.66. The highest BCUT2D eigenvalue weighted by atomic mass is 16.1. The average molecular weight is 268 g/mol. The molecule has 1 aromatic carbocycles. The Bertz CT molecular complexity index is 671. The molecule has 1 N–H and O–H groups in total. The summed E-state index contributed by atoms with van der Waals surface area (Å²) in [6.07, 6.45) is 6.28. The molecule has 20 heavy (non-hydrogen) atoms. The quantitative estimate of drug-likeness (QED) is 0.907. The molecule has 3 heteroatoms. The number of aromatic nitrogens is 1. The Balaban J connectivity index is 1.74. The van der Waals surface area contributed by atoms with E-state index in [4.69, 9.17) is 0 Å². The van der Waals surface area contributed by atoms with Crippen LogP contribution in [-0.2, 0) is 24.2 Å². The summed E-state index contributed by atoms with van der Waals surface area (Å²) < 4.78 is 2.39. The van der Waals surface area contributed by atoms with Crippen LogP contribution in [0.3, 0.4) is 0 Å². The molecule has 0 saturated carbocycles. The number of nitrogens with zero attached hydrogens (tertiary/aromatic N) is 1. The summed E-state index contributed by atoms with van der Waals surface area (Å²) in [5, 5.41) is 4.71. The fourth-order valence-electron chi connectivity index (χ4n) is 3.75. The van der Waals surface area contributed by atoms with Gasteiger partial charge in [-0.15, -0.1) is 0 Å². The van der Waals surface area contributed by atoms with E-state index in [0.717, 1.165) is 26.1 Å². The summed E-state index contributed by atoms with van der Waals surface area (Å²) >= 11 is 0. The van der Waals surface area contributed by atoms with E-state index in [1.54, 1.807) is 0 Å². The largest absolute Gasteiger partial charge is 0.347 e. The molecule has 2 aliphatic rings. The number of hydrogen-bond donors (Lipinski definition) is 1. The van der Waals surface area contributed by atoms with Crippen LogP contribution in [0.25, 0.3) is 10.9 Å². The van der Waals surface area contributed by atoms with Crippen LogP contribution in [0.15, 0.2) is 24.4 Å². The fourth-order valence-corrected chi connectivity index (χ4v) is 3.75. The van der Waals surface area contributed by atoms with Crippen molar-refractivity contribution in [3.8, 4) is 0 Å². The molecule has 0 spiro atoms. The molecule has 0 aliphatic carbocycles. The number of piperidine rings is 1. The molecule has 1 fully saturated rings. The summed E-state index contributed by atoms with van der Waals surface area (Å²) in [4.78, 5) is 12.0. The molecule has 0 radical (unpaired) electrons. The minimum atomic E-state index is 0.159. The Kier molecular flexibility index (Phi) is 2.88. The third kappa shape index (κ3) is 1.88. The summed E-state index contributed by atoms with van der Waals surface area (Å²) in [6, 6.07) is 6.63. The molecule has 1 atom stereocenters. The molecular weight excluding hydrogens is 248 g/mol. The molecule has 104 valence electrons. The highest BCUT2D eigenvalue weighted by molar-refractivity contribution is 5.88. The van der Waals surface area contributed by atoms with Gasteiger partial charge in [0.05, 0.1) is 5.52 Å². The van der Waals surface area contributed by atoms with E-state index < -0.39 is 0 Å². The molecule has 1 aromatic heterocycles. The van der Waals surface area contributed by atoms with Crippen LogP contribution in [0, 0.1) is 5.92 Å². The average Bonchev–Trinajstić information content (AvgIpc) is 2.82. The van der Waals surface area contributed by atoms with E-state index in [9.17, 15) is 4.79 Å². The number of ketones is 1. The van der Waals surface area contributed by atoms with E-state index in [0.29, 0.717) is 12.2 Å². The zero-order chi connectivity index (χ0) is 13.5. The third-order valence-corrected chi connectivity index (χ3v) is 4.77. The number of hydrogen-bond acceptors (Lipinski definition) is 2. The van der Waals surface area contributed by atoms with Crippen LogP contribution >= 0.6 is 0 Å². The minimum Gasteiger partial charge on any atom is -0.347 e. The molecule has 4 rings (SSSR count). The number of nitrogens with one attached hydrogen (secondary N) is 1. The second-order valence-electron chi connectivity index (χ2n) is 6.09. The van der Waals surface area contributed by atoms with Crippen molar-refractivity contribution in [2.45, 2.75) is 32.2 Å². The number of carbonyl (C=O) groups excluding carboxylic acids is 1. The zero-order valence-corrected chi connectivity index (χ0v) is 11.7. The van der Waals surface area contributed by atoms with Gasteiger partial charge in [0, 0.05) is 43.6 Å². The van der Waals surface area contributed by atoms with Crippen molar-refractivity contribution < 1.29 is 4.79 Å².